The van der Waals surface area contributed by atoms with Crippen LogP contribution in [0, 0.1) is 0 Å². The van der Waals surface area contributed by atoms with Crippen LogP contribution in [0.1, 0.15) is 37.6 Å². The molecule has 1 fully saturated rings. The molecule has 166 valence electrons. The smallest absolute Gasteiger partial charge is 0.412 e. The zero-order chi connectivity index (χ0) is 22.7. The zero-order valence-corrected chi connectivity index (χ0v) is 18.7. The van der Waals surface area contributed by atoms with Gasteiger partial charge in [0.1, 0.15) is 5.60 Å². The van der Waals surface area contributed by atoms with Crippen molar-refractivity contribution in [1.82, 2.24) is 4.90 Å². The average Bonchev–Trinajstić information content (AvgIpc) is 3.20. The number of hydrogen-bond acceptors (Lipinski definition) is 4. The Morgan fingerprint density at radius 2 is 1.62 bits per heavy atom. The largest absolute Gasteiger partial charge is 0.444 e. The third-order valence-corrected chi connectivity index (χ3v) is 5.37. The number of anilines is 2. The first-order valence-corrected chi connectivity index (χ1v) is 10.9. The first-order valence-electron chi connectivity index (χ1n) is 10.9. The van der Waals surface area contributed by atoms with Gasteiger partial charge in [-0.15, -0.1) is 0 Å². The van der Waals surface area contributed by atoms with Gasteiger partial charge in [0.2, 0.25) is 0 Å². The lowest BCUT2D eigenvalue weighted by Crippen LogP contribution is -2.33. The molecule has 0 aliphatic carbocycles. The first-order chi connectivity index (χ1) is 15.3. The van der Waals surface area contributed by atoms with Crippen LogP contribution >= 0.6 is 0 Å². The molecule has 6 nitrogen and oxygen atoms in total. The number of benzene rings is 3. The van der Waals surface area contributed by atoms with Crippen molar-refractivity contribution >= 4 is 34.1 Å². The Balaban J connectivity index is 1.56. The minimum Gasteiger partial charge on any atom is -0.444 e. The number of para-hydroxylation sites is 1. The van der Waals surface area contributed by atoms with Crippen molar-refractivity contribution in [3.63, 3.8) is 0 Å². The SMILES string of the molecule is CC(C)(C)OC(=O)Nc1cc2ccccc2cc1C(=O)N1CCC(Nc2ccccc2)C1. The number of ether oxygens (including phenoxy) is 1. The van der Waals surface area contributed by atoms with Gasteiger partial charge in [-0.05, 0) is 62.2 Å². The Morgan fingerprint density at radius 3 is 2.31 bits per heavy atom. The van der Waals surface area contributed by atoms with E-state index in [1.165, 1.54) is 0 Å². The highest BCUT2D eigenvalue weighted by Crippen LogP contribution is 2.28. The lowest BCUT2D eigenvalue weighted by molar-refractivity contribution is 0.0636. The maximum atomic E-state index is 13.5. The summed E-state index contributed by atoms with van der Waals surface area (Å²) in [6.07, 6.45) is 0.287. The van der Waals surface area contributed by atoms with E-state index in [1.807, 2.05) is 92.4 Å². The molecule has 1 aliphatic heterocycles. The molecule has 0 aromatic heterocycles. The van der Waals surface area contributed by atoms with Gasteiger partial charge in [-0.25, -0.2) is 4.79 Å². The molecular weight excluding hydrogens is 402 g/mol. The van der Waals surface area contributed by atoms with Crippen LogP contribution in [0.3, 0.4) is 0 Å². The molecule has 2 amide bonds. The maximum absolute atomic E-state index is 13.5. The summed E-state index contributed by atoms with van der Waals surface area (Å²) in [5, 5.41) is 8.18. The summed E-state index contributed by atoms with van der Waals surface area (Å²) in [6, 6.07) is 21.7. The predicted molar refractivity (Wildman–Crippen MR) is 128 cm³/mol. The number of hydrogen-bond donors (Lipinski definition) is 2. The van der Waals surface area contributed by atoms with E-state index in [9.17, 15) is 9.59 Å². The molecule has 4 rings (SSSR count). The third-order valence-electron chi connectivity index (χ3n) is 5.37. The molecule has 1 saturated heterocycles. The number of rotatable bonds is 4. The van der Waals surface area contributed by atoms with Crippen molar-refractivity contribution in [1.29, 1.82) is 0 Å². The number of nitrogens with zero attached hydrogens (tertiary/aromatic N) is 1. The lowest BCUT2D eigenvalue weighted by atomic mass is 10.0. The van der Waals surface area contributed by atoms with Crippen molar-refractivity contribution in [3.05, 3.63) is 72.3 Å². The van der Waals surface area contributed by atoms with Gasteiger partial charge in [0.25, 0.3) is 5.91 Å². The Morgan fingerprint density at radius 1 is 0.969 bits per heavy atom. The fraction of sp³-hybridized carbons (Fsp3) is 0.308. The summed E-state index contributed by atoms with van der Waals surface area (Å²) >= 11 is 0. The molecule has 0 saturated carbocycles. The summed E-state index contributed by atoms with van der Waals surface area (Å²) in [5.41, 5.74) is 1.35. The van der Waals surface area contributed by atoms with Gasteiger partial charge in [-0.3, -0.25) is 10.1 Å². The second kappa shape index (κ2) is 8.91. The molecule has 32 heavy (non-hydrogen) atoms. The standard InChI is InChI=1S/C26H29N3O3/c1-26(2,3)32-25(31)28-23-16-19-10-8-7-9-18(19)15-22(23)24(30)29-14-13-21(17-29)27-20-11-5-4-6-12-20/h4-12,15-16,21,27H,13-14,17H2,1-3H3,(H,28,31). The molecule has 0 bridgehead atoms. The van der Waals surface area contributed by atoms with Gasteiger partial charge in [-0.1, -0.05) is 42.5 Å². The summed E-state index contributed by atoms with van der Waals surface area (Å²) in [6.45, 7) is 6.68. The number of carbonyl (C=O) groups is 2. The number of fused-ring (bicyclic) bond motifs is 1. The quantitative estimate of drug-likeness (QED) is 0.571. The summed E-state index contributed by atoms with van der Waals surface area (Å²) < 4.78 is 5.41. The van der Waals surface area contributed by atoms with Crippen LogP contribution in [-0.4, -0.2) is 41.6 Å². The molecule has 1 atom stereocenters. The van der Waals surface area contributed by atoms with Gasteiger partial charge in [-0.2, -0.15) is 0 Å². The predicted octanol–water partition coefficient (Wildman–Crippen LogP) is 5.51. The van der Waals surface area contributed by atoms with E-state index in [2.05, 4.69) is 10.6 Å². The van der Waals surface area contributed by atoms with E-state index < -0.39 is 11.7 Å². The fourth-order valence-corrected chi connectivity index (χ4v) is 3.94. The Hall–Kier alpha value is -3.54. The molecule has 6 heteroatoms. The van der Waals surface area contributed by atoms with Crippen LogP contribution in [0.5, 0.6) is 0 Å². The molecule has 0 radical (unpaired) electrons. The van der Waals surface area contributed by atoms with E-state index in [0.717, 1.165) is 22.9 Å². The van der Waals surface area contributed by atoms with Gasteiger partial charge in [0.15, 0.2) is 0 Å². The van der Waals surface area contributed by atoms with E-state index in [4.69, 9.17) is 4.74 Å². The van der Waals surface area contributed by atoms with Crippen molar-refractivity contribution in [3.8, 4) is 0 Å². The first kappa shape index (κ1) is 21.7. The molecule has 3 aromatic rings. The van der Waals surface area contributed by atoms with Crippen LogP contribution < -0.4 is 10.6 Å². The van der Waals surface area contributed by atoms with Crippen molar-refractivity contribution < 1.29 is 14.3 Å². The summed E-state index contributed by atoms with van der Waals surface area (Å²) in [5.74, 6) is -0.0980. The molecule has 0 spiro atoms. The van der Waals surface area contributed by atoms with Crippen LogP contribution in [0.2, 0.25) is 0 Å². The number of amides is 2. The van der Waals surface area contributed by atoms with Crippen LogP contribution in [0.15, 0.2) is 66.7 Å². The Labute approximate surface area is 188 Å². The van der Waals surface area contributed by atoms with Crippen LogP contribution in [0.25, 0.3) is 10.8 Å². The normalized spacial score (nSPS) is 16.1. The van der Waals surface area contributed by atoms with E-state index in [0.29, 0.717) is 24.3 Å². The lowest BCUT2D eigenvalue weighted by Gasteiger charge is -2.22. The van der Waals surface area contributed by atoms with Gasteiger partial charge in [0.05, 0.1) is 11.3 Å². The number of carbonyl (C=O) groups excluding carboxylic acids is 2. The van der Waals surface area contributed by atoms with Crippen molar-refractivity contribution in [2.45, 2.75) is 38.8 Å². The molecular formula is C26H29N3O3. The highest BCUT2D eigenvalue weighted by Gasteiger charge is 2.29. The highest BCUT2D eigenvalue weighted by molar-refractivity contribution is 6.07. The van der Waals surface area contributed by atoms with E-state index in [1.54, 1.807) is 0 Å². The van der Waals surface area contributed by atoms with Gasteiger partial charge < -0.3 is 15.0 Å². The topological polar surface area (TPSA) is 70.7 Å². The monoisotopic (exact) mass is 431 g/mol. The Bertz CT molecular complexity index is 1120. The minimum absolute atomic E-state index is 0.0980. The number of likely N-dealkylation sites (tertiary alicyclic amines) is 1. The molecule has 2 N–H and O–H groups in total. The highest BCUT2D eigenvalue weighted by atomic mass is 16.6. The van der Waals surface area contributed by atoms with E-state index in [-0.39, 0.29) is 11.9 Å². The van der Waals surface area contributed by atoms with Crippen molar-refractivity contribution in [2.75, 3.05) is 23.7 Å². The summed E-state index contributed by atoms with van der Waals surface area (Å²) in [7, 11) is 0. The number of nitrogens with one attached hydrogen (secondary N) is 2. The van der Waals surface area contributed by atoms with Crippen LogP contribution in [0.4, 0.5) is 16.2 Å². The average molecular weight is 432 g/mol. The molecule has 1 heterocycles. The molecule has 1 aliphatic rings. The van der Waals surface area contributed by atoms with Gasteiger partial charge in [0, 0.05) is 24.8 Å². The second-order valence-corrected chi connectivity index (χ2v) is 9.12. The van der Waals surface area contributed by atoms with Crippen molar-refractivity contribution in [2.24, 2.45) is 0 Å². The minimum atomic E-state index is -0.629. The maximum Gasteiger partial charge on any atom is 0.412 e. The Kier molecular flexibility index (Phi) is 6.04. The third kappa shape index (κ3) is 5.19. The molecule has 1 unspecified atom stereocenters. The van der Waals surface area contributed by atoms with E-state index >= 15 is 0 Å². The second-order valence-electron chi connectivity index (χ2n) is 9.12. The molecule has 3 aromatic carbocycles. The summed E-state index contributed by atoms with van der Waals surface area (Å²) in [4.78, 5) is 27.8. The van der Waals surface area contributed by atoms with Gasteiger partial charge >= 0.3 is 6.09 Å². The zero-order valence-electron chi connectivity index (χ0n) is 18.7. The van der Waals surface area contributed by atoms with Crippen LogP contribution in [-0.2, 0) is 4.74 Å². The fourth-order valence-electron chi connectivity index (χ4n) is 3.94.